The van der Waals surface area contributed by atoms with Crippen LogP contribution in [0.2, 0.25) is 0 Å². The SMILES string of the molecule is O=C(O)/C=C/c1cc(F)c(C2c3[nH]c4ccccc4c3CCN2CC2(F)CC2)c(F)c1. The van der Waals surface area contributed by atoms with Gasteiger partial charge in [-0.2, -0.15) is 0 Å². The van der Waals surface area contributed by atoms with Gasteiger partial charge in [-0.15, -0.1) is 0 Å². The average Bonchev–Trinajstić information content (AvgIpc) is 3.32. The zero-order valence-corrected chi connectivity index (χ0v) is 16.7. The molecular weight excluding hydrogens is 405 g/mol. The number of aromatic amines is 1. The fourth-order valence-corrected chi connectivity index (χ4v) is 4.57. The van der Waals surface area contributed by atoms with Crippen LogP contribution < -0.4 is 0 Å². The Hall–Kier alpha value is -3.06. The van der Waals surface area contributed by atoms with Crippen LogP contribution in [-0.4, -0.2) is 39.7 Å². The number of aromatic nitrogens is 1. The number of nitrogens with one attached hydrogen (secondary N) is 1. The monoisotopic (exact) mass is 426 g/mol. The van der Waals surface area contributed by atoms with Crippen LogP contribution in [0, 0.1) is 11.6 Å². The van der Waals surface area contributed by atoms with Gasteiger partial charge in [0.15, 0.2) is 0 Å². The molecule has 4 nitrogen and oxygen atoms in total. The number of H-pyrrole nitrogens is 1. The number of carboxylic acids is 1. The van der Waals surface area contributed by atoms with Crippen molar-refractivity contribution in [2.75, 3.05) is 13.1 Å². The third-order valence-electron chi connectivity index (χ3n) is 6.21. The number of aliphatic carboxylic acids is 1. The molecule has 5 rings (SSSR count). The molecule has 1 aromatic heterocycles. The first-order valence-electron chi connectivity index (χ1n) is 10.3. The van der Waals surface area contributed by atoms with Gasteiger partial charge < -0.3 is 10.1 Å². The normalized spacial score (nSPS) is 20.3. The van der Waals surface area contributed by atoms with Crippen LogP contribution in [0.4, 0.5) is 13.2 Å². The summed E-state index contributed by atoms with van der Waals surface area (Å²) in [7, 11) is 0. The standard InChI is InChI=1S/C24H21F3N2O2/c25-17-11-14(5-6-20(30)31)12-18(26)21(17)23-22-16(15-3-1-2-4-19(15)28-22)7-10-29(23)13-24(27)8-9-24/h1-6,11-12,23,28H,7-10,13H2,(H,30,31)/b6-5+. The van der Waals surface area contributed by atoms with Crippen LogP contribution in [-0.2, 0) is 11.2 Å². The van der Waals surface area contributed by atoms with E-state index in [1.54, 1.807) is 0 Å². The lowest BCUT2D eigenvalue weighted by molar-refractivity contribution is -0.131. The summed E-state index contributed by atoms with van der Waals surface area (Å²) in [5.74, 6) is -2.77. The van der Waals surface area contributed by atoms with Crippen LogP contribution >= 0.6 is 0 Å². The Balaban J connectivity index is 1.64. The van der Waals surface area contributed by atoms with E-state index in [1.807, 2.05) is 29.2 Å². The van der Waals surface area contributed by atoms with Crippen molar-refractivity contribution in [2.24, 2.45) is 0 Å². The Morgan fingerprint density at radius 2 is 1.94 bits per heavy atom. The molecule has 1 aliphatic heterocycles. The zero-order chi connectivity index (χ0) is 21.8. The molecule has 1 unspecified atom stereocenters. The summed E-state index contributed by atoms with van der Waals surface area (Å²) in [4.78, 5) is 15.9. The van der Waals surface area contributed by atoms with E-state index in [9.17, 15) is 9.18 Å². The van der Waals surface area contributed by atoms with E-state index in [-0.39, 0.29) is 17.7 Å². The number of benzene rings is 2. The molecule has 2 N–H and O–H groups in total. The zero-order valence-electron chi connectivity index (χ0n) is 16.7. The minimum atomic E-state index is -1.31. The average molecular weight is 426 g/mol. The van der Waals surface area contributed by atoms with E-state index in [0.717, 1.165) is 40.8 Å². The first kappa shape index (κ1) is 19.9. The van der Waals surface area contributed by atoms with Crippen LogP contribution in [0.1, 0.15) is 41.3 Å². The van der Waals surface area contributed by atoms with Crippen molar-refractivity contribution in [1.82, 2.24) is 9.88 Å². The van der Waals surface area contributed by atoms with Gasteiger partial charge in [-0.3, -0.25) is 4.90 Å². The molecule has 3 aromatic rings. The predicted molar refractivity (Wildman–Crippen MR) is 112 cm³/mol. The fourth-order valence-electron chi connectivity index (χ4n) is 4.57. The van der Waals surface area contributed by atoms with E-state index in [2.05, 4.69) is 4.98 Å². The Bertz CT molecular complexity index is 1190. The molecule has 1 atom stereocenters. The number of fused-ring (bicyclic) bond motifs is 3. The van der Waals surface area contributed by atoms with Crippen LogP contribution in [0.3, 0.4) is 0 Å². The van der Waals surface area contributed by atoms with Gasteiger partial charge in [0.2, 0.25) is 0 Å². The van der Waals surface area contributed by atoms with Gasteiger partial charge in [-0.1, -0.05) is 18.2 Å². The van der Waals surface area contributed by atoms with Crippen molar-refractivity contribution < 1.29 is 23.1 Å². The Morgan fingerprint density at radius 1 is 1.23 bits per heavy atom. The number of para-hydroxylation sites is 1. The molecule has 1 saturated carbocycles. The first-order valence-corrected chi connectivity index (χ1v) is 10.3. The molecule has 0 saturated heterocycles. The number of nitrogens with zero attached hydrogens (tertiary/aromatic N) is 1. The number of rotatable bonds is 5. The molecular formula is C24H21F3N2O2. The lowest BCUT2D eigenvalue weighted by Crippen LogP contribution is -2.41. The van der Waals surface area contributed by atoms with Crippen molar-refractivity contribution in [3.63, 3.8) is 0 Å². The van der Waals surface area contributed by atoms with Gasteiger partial charge in [-0.05, 0) is 54.7 Å². The summed E-state index contributed by atoms with van der Waals surface area (Å²) in [6, 6.07) is 9.15. The van der Waals surface area contributed by atoms with Crippen LogP contribution in [0.25, 0.3) is 17.0 Å². The predicted octanol–water partition coefficient (Wildman–Crippen LogP) is 4.99. The summed E-state index contributed by atoms with van der Waals surface area (Å²) < 4.78 is 45.2. The van der Waals surface area contributed by atoms with Gasteiger partial charge in [0.1, 0.15) is 17.3 Å². The van der Waals surface area contributed by atoms with Gasteiger partial charge in [0.05, 0.1) is 6.04 Å². The second-order valence-corrected chi connectivity index (χ2v) is 8.41. The summed E-state index contributed by atoms with van der Waals surface area (Å²) in [5, 5.41) is 9.78. The van der Waals surface area contributed by atoms with Gasteiger partial charge in [0.25, 0.3) is 0 Å². The Labute approximate surface area is 177 Å². The van der Waals surface area contributed by atoms with Crippen molar-refractivity contribution >= 4 is 22.9 Å². The molecule has 1 aliphatic carbocycles. The maximum absolute atomic E-state index is 15.2. The minimum absolute atomic E-state index is 0.115. The van der Waals surface area contributed by atoms with Crippen LogP contribution in [0.15, 0.2) is 42.5 Å². The molecule has 160 valence electrons. The molecule has 1 fully saturated rings. The topological polar surface area (TPSA) is 56.3 Å². The van der Waals surface area contributed by atoms with E-state index >= 15 is 8.78 Å². The minimum Gasteiger partial charge on any atom is -0.478 e. The maximum atomic E-state index is 15.2. The lowest BCUT2D eigenvalue weighted by atomic mass is 9.90. The molecule has 2 aromatic carbocycles. The summed E-state index contributed by atoms with van der Waals surface area (Å²) in [6.07, 6.45) is 3.55. The number of carbonyl (C=O) groups is 1. The highest BCUT2D eigenvalue weighted by Crippen LogP contribution is 2.46. The largest absolute Gasteiger partial charge is 0.478 e. The Morgan fingerprint density at radius 3 is 2.61 bits per heavy atom. The summed E-state index contributed by atoms with van der Waals surface area (Å²) in [5.41, 5.74) is 1.22. The Kier molecular flexibility index (Phi) is 4.66. The lowest BCUT2D eigenvalue weighted by Gasteiger charge is -2.37. The van der Waals surface area contributed by atoms with E-state index in [1.165, 1.54) is 0 Å². The second-order valence-electron chi connectivity index (χ2n) is 8.41. The summed E-state index contributed by atoms with van der Waals surface area (Å²) in [6.45, 7) is 0.608. The molecule has 0 amide bonds. The van der Waals surface area contributed by atoms with E-state index < -0.39 is 29.3 Å². The number of hydrogen-bond acceptors (Lipinski definition) is 2. The third kappa shape index (κ3) is 3.63. The van der Waals surface area contributed by atoms with Crippen LogP contribution in [0.5, 0.6) is 0 Å². The highest BCUT2D eigenvalue weighted by atomic mass is 19.1. The molecule has 0 spiro atoms. The van der Waals surface area contributed by atoms with Crippen molar-refractivity contribution in [2.45, 2.75) is 31.0 Å². The van der Waals surface area contributed by atoms with Crippen molar-refractivity contribution in [3.8, 4) is 0 Å². The highest BCUT2D eigenvalue weighted by Gasteiger charge is 2.47. The smallest absolute Gasteiger partial charge is 0.328 e. The first-order chi connectivity index (χ1) is 14.8. The van der Waals surface area contributed by atoms with E-state index in [4.69, 9.17) is 5.11 Å². The second kappa shape index (κ2) is 7.27. The van der Waals surface area contributed by atoms with Gasteiger partial charge in [-0.25, -0.2) is 18.0 Å². The van der Waals surface area contributed by atoms with E-state index in [0.29, 0.717) is 31.5 Å². The number of halogens is 3. The molecule has 0 bridgehead atoms. The summed E-state index contributed by atoms with van der Waals surface area (Å²) >= 11 is 0. The number of alkyl halides is 1. The van der Waals surface area contributed by atoms with Crippen molar-refractivity contribution in [3.05, 3.63) is 76.5 Å². The molecule has 7 heteroatoms. The molecule has 31 heavy (non-hydrogen) atoms. The van der Waals surface area contributed by atoms with Gasteiger partial charge in [0, 0.05) is 41.3 Å². The highest BCUT2D eigenvalue weighted by molar-refractivity contribution is 5.86. The quantitative estimate of drug-likeness (QED) is 0.565. The number of hydrogen-bond donors (Lipinski definition) is 2. The molecule has 2 heterocycles. The molecule has 0 radical (unpaired) electrons. The van der Waals surface area contributed by atoms with Crippen molar-refractivity contribution in [1.29, 1.82) is 0 Å². The third-order valence-corrected chi connectivity index (χ3v) is 6.21. The number of carboxylic acid groups (broad SMARTS) is 1. The molecule has 2 aliphatic rings. The fraction of sp³-hybridized carbons (Fsp3) is 0.292. The maximum Gasteiger partial charge on any atom is 0.328 e. The van der Waals surface area contributed by atoms with Gasteiger partial charge >= 0.3 is 5.97 Å².